The fraction of sp³-hybridized carbons (Fsp3) is 0.312. The van der Waals surface area contributed by atoms with Crippen molar-refractivity contribution in [1.82, 2.24) is 15.1 Å². The number of aromatic nitrogens is 2. The van der Waals surface area contributed by atoms with E-state index in [-0.39, 0.29) is 0 Å². The lowest BCUT2D eigenvalue weighted by atomic mass is 10.0. The summed E-state index contributed by atoms with van der Waals surface area (Å²) < 4.78 is 7.44. The van der Waals surface area contributed by atoms with E-state index < -0.39 is 17.4 Å². The predicted molar refractivity (Wildman–Crippen MR) is 84.0 cm³/mol. The lowest BCUT2D eigenvalue weighted by Gasteiger charge is -2.33. The monoisotopic (exact) mass is 314 g/mol. The first kappa shape index (κ1) is 15.1. The van der Waals surface area contributed by atoms with E-state index in [4.69, 9.17) is 4.74 Å². The molecule has 0 saturated heterocycles. The van der Waals surface area contributed by atoms with Crippen LogP contribution in [0.1, 0.15) is 13.3 Å². The van der Waals surface area contributed by atoms with Gasteiger partial charge in [0.25, 0.3) is 17.4 Å². The Bertz CT molecular complexity index is 714. The van der Waals surface area contributed by atoms with Crippen molar-refractivity contribution < 1.29 is 14.3 Å². The van der Waals surface area contributed by atoms with Gasteiger partial charge in [-0.2, -0.15) is 5.10 Å². The number of anilines is 1. The van der Waals surface area contributed by atoms with Crippen molar-refractivity contribution in [2.24, 2.45) is 0 Å². The molecule has 2 aromatic rings. The number of rotatable bonds is 5. The first-order valence-corrected chi connectivity index (χ1v) is 7.45. The quantitative estimate of drug-likeness (QED) is 0.641. The highest BCUT2D eigenvalue weighted by molar-refractivity contribution is 6.15. The zero-order valence-electron chi connectivity index (χ0n) is 12.8. The van der Waals surface area contributed by atoms with Crippen LogP contribution in [-0.4, -0.2) is 33.7 Å². The summed E-state index contributed by atoms with van der Waals surface area (Å²) in [5.41, 5.74) is -0.999. The van der Waals surface area contributed by atoms with Crippen LogP contribution >= 0.6 is 0 Å². The van der Waals surface area contributed by atoms with E-state index in [1.807, 2.05) is 12.3 Å². The van der Waals surface area contributed by atoms with E-state index in [1.165, 1.54) is 6.92 Å². The van der Waals surface area contributed by atoms with Gasteiger partial charge in [0, 0.05) is 25.5 Å². The molecule has 120 valence electrons. The number of carbonyl (C=O) groups is 2. The van der Waals surface area contributed by atoms with Crippen molar-refractivity contribution in [3.63, 3.8) is 0 Å². The maximum atomic E-state index is 12.4. The average molecular weight is 314 g/mol. The van der Waals surface area contributed by atoms with Crippen LogP contribution in [-0.2, 0) is 16.1 Å². The molecular weight excluding hydrogens is 296 g/mol. The molecule has 0 spiro atoms. The number of amides is 2. The molecule has 1 aliphatic rings. The Hall–Kier alpha value is -2.83. The van der Waals surface area contributed by atoms with Crippen LogP contribution in [0.2, 0.25) is 0 Å². The van der Waals surface area contributed by atoms with Gasteiger partial charge in [0.05, 0.1) is 5.69 Å². The first-order chi connectivity index (χ1) is 11.1. The number of fused-ring (bicyclic) bond motifs is 1. The fourth-order valence-electron chi connectivity index (χ4n) is 2.36. The van der Waals surface area contributed by atoms with Gasteiger partial charge in [0.2, 0.25) is 0 Å². The second kappa shape index (κ2) is 6.12. The third-order valence-corrected chi connectivity index (χ3v) is 3.72. The second-order valence-corrected chi connectivity index (χ2v) is 5.46. The summed E-state index contributed by atoms with van der Waals surface area (Å²) in [4.78, 5) is 24.6. The van der Waals surface area contributed by atoms with Crippen LogP contribution in [0.5, 0.6) is 5.75 Å². The normalized spacial score (nSPS) is 19.4. The number of ether oxygens (including phenoxy) is 1. The highest BCUT2D eigenvalue weighted by atomic mass is 16.5. The maximum absolute atomic E-state index is 12.4. The van der Waals surface area contributed by atoms with Crippen LogP contribution in [0.3, 0.4) is 0 Å². The smallest absolute Gasteiger partial charge is 0.278 e. The van der Waals surface area contributed by atoms with Gasteiger partial charge >= 0.3 is 0 Å². The number of benzene rings is 1. The SMILES string of the molecule is C[C@]1(C(=O)NCCCn2cccn2)Oc2ccccc2NC1=O. The van der Waals surface area contributed by atoms with Crippen molar-refractivity contribution >= 4 is 17.5 Å². The lowest BCUT2D eigenvalue weighted by molar-refractivity contribution is -0.146. The molecule has 0 unspecified atom stereocenters. The topological polar surface area (TPSA) is 85.2 Å². The number of nitrogens with one attached hydrogen (secondary N) is 2. The minimum absolute atomic E-state index is 0.437. The molecule has 2 amide bonds. The van der Waals surface area contributed by atoms with E-state index in [0.717, 1.165) is 0 Å². The summed E-state index contributed by atoms with van der Waals surface area (Å²) in [7, 11) is 0. The van der Waals surface area contributed by atoms with E-state index in [0.29, 0.717) is 30.9 Å². The van der Waals surface area contributed by atoms with Crippen molar-refractivity contribution in [2.45, 2.75) is 25.5 Å². The Kier molecular flexibility index (Phi) is 4.01. The van der Waals surface area contributed by atoms with Gasteiger partial charge in [0.1, 0.15) is 5.75 Å². The zero-order chi connectivity index (χ0) is 16.3. The molecule has 1 aromatic carbocycles. The third-order valence-electron chi connectivity index (χ3n) is 3.72. The molecular formula is C16H18N4O3. The molecule has 0 aliphatic carbocycles. The molecule has 1 aliphatic heterocycles. The van der Waals surface area contributed by atoms with E-state index in [9.17, 15) is 9.59 Å². The Morgan fingerprint density at radius 2 is 2.22 bits per heavy atom. The number of hydrogen-bond donors (Lipinski definition) is 2. The van der Waals surface area contributed by atoms with Crippen molar-refractivity contribution in [3.05, 3.63) is 42.7 Å². The second-order valence-electron chi connectivity index (χ2n) is 5.46. The number of aryl methyl sites for hydroxylation is 1. The van der Waals surface area contributed by atoms with Crippen molar-refractivity contribution in [1.29, 1.82) is 0 Å². The largest absolute Gasteiger partial charge is 0.466 e. The number of para-hydroxylation sites is 2. The van der Waals surface area contributed by atoms with Gasteiger partial charge in [-0.05, 0) is 31.5 Å². The highest BCUT2D eigenvalue weighted by Crippen LogP contribution is 2.33. The predicted octanol–water partition coefficient (Wildman–Crippen LogP) is 1.18. The summed E-state index contributed by atoms with van der Waals surface area (Å²) in [6, 6.07) is 8.88. The molecule has 0 fully saturated rings. The van der Waals surface area contributed by atoms with Crippen LogP contribution in [0.4, 0.5) is 5.69 Å². The molecule has 7 heteroatoms. The number of carbonyl (C=O) groups excluding carboxylic acids is 2. The van der Waals surface area contributed by atoms with Gasteiger partial charge in [-0.3, -0.25) is 14.3 Å². The lowest BCUT2D eigenvalue weighted by Crippen LogP contribution is -2.58. The standard InChI is InChI=1S/C16H18N4O3/c1-16(14(21)17-8-4-10-20-11-5-9-18-20)15(22)19-12-6-2-3-7-13(12)23-16/h2-3,5-7,9,11H,4,8,10H2,1H3,(H,17,21)(H,19,22)/t16-/m1/s1. The Morgan fingerprint density at radius 1 is 1.39 bits per heavy atom. The summed E-state index contributed by atoms with van der Waals surface area (Å²) in [5.74, 6) is -0.438. The zero-order valence-corrected chi connectivity index (χ0v) is 12.8. The molecule has 0 bridgehead atoms. The molecule has 1 atom stereocenters. The fourth-order valence-corrected chi connectivity index (χ4v) is 2.36. The molecule has 2 N–H and O–H groups in total. The van der Waals surface area contributed by atoms with E-state index >= 15 is 0 Å². The molecule has 1 aromatic heterocycles. The summed E-state index contributed by atoms with van der Waals surface area (Å²) in [6.45, 7) is 2.60. The first-order valence-electron chi connectivity index (χ1n) is 7.45. The van der Waals surface area contributed by atoms with Gasteiger partial charge in [-0.15, -0.1) is 0 Å². The van der Waals surface area contributed by atoms with Crippen LogP contribution in [0.25, 0.3) is 0 Å². The maximum Gasteiger partial charge on any atom is 0.278 e. The minimum atomic E-state index is -1.57. The molecule has 3 rings (SSSR count). The molecule has 0 radical (unpaired) electrons. The summed E-state index contributed by atoms with van der Waals surface area (Å²) in [5, 5.41) is 9.54. The van der Waals surface area contributed by atoms with Gasteiger partial charge in [-0.25, -0.2) is 0 Å². The molecule has 2 heterocycles. The Labute approximate surface area is 133 Å². The molecule has 7 nitrogen and oxygen atoms in total. The van der Waals surface area contributed by atoms with Gasteiger partial charge in [0.15, 0.2) is 0 Å². The van der Waals surface area contributed by atoms with Crippen LogP contribution < -0.4 is 15.4 Å². The Balaban J connectivity index is 1.59. The van der Waals surface area contributed by atoms with Gasteiger partial charge < -0.3 is 15.4 Å². The van der Waals surface area contributed by atoms with Gasteiger partial charge in [-0.1, -0.05) is 12.1 Å². The molecule has 0 saturated carbocycles. The molecule has 23 heavy (non-hydrogen) atoms. The summed E-state index contributed by atoms with van der Waals surface area (Å²) in [6.07, 6.45) is 4.27. The van der Waals surface area contributed by atoms with E-state index in [1.54, 1.807) is 35.1 Å². The third kappa shape index (κ3) is 3.03. The Morgan fingerprint density at radius 3 is 3.00 bits per heavy atom. The highest BCUT2D eigenvalue weighted by Gasteiger charge is 2.46. The summed E-state index contributed by atoms with van der Waals surface area (Å²) >= 11 is 0. The number of hydrogen-bond acceptors (Lipinski definition) is 4. The van der Waals surface area contributed by atoms with Crippen molar-refractivity contribution in [2.75, 3.05) is 11.9 Å². The van der Waals surface area contributed by atoms with Crippen LogP contribution in [0.15, 0.2) is 42.7 Å². The van der Waals surface area contributed by atoms with E-state index in [2.05, 4.69) is 15.7 Å². The van der Waals surface area contributed by atoms with Crippen molar-refractivity contribution in [3.8, 4) is 5.75 Å². The number of nitrogens with zero attached hydrogens (tertiary/aromatic N) is 2. The van der Waals surface area contributed by atoms with Crippen LogP contribution in [0, 0.1) is 0 Å². The average Bonchev–Trinajstić information content (AvgIpc) is 3.06. The minimum Gasteiger partial charge on any atom is -0.466 e.